The van der Waals surface area contributed by atoms with Gasteiger partial charge >= 0.3 is 0 Å². The first-order valence-corrected chi connectivity index (χ1v) is 7.72. The predicted molar refractivity (Wildman–Crippen MR) is 89.9 cm³/mol. The second kappa shape index (κ2) is 7.85. The third-order valence-corrected chi connectivity index (χ3v) is 3.65. The van der Waals surface area contributed by atoms with Crippen LogP contribution in [0.5, 0.6) is 0 Å². The third-order valence-electron chi connectivity index (χ3n) is 3.36. The van der Waals surface area contributed by atoms with Gasteiger partial charge in [-0.2, -0.15) is 0 Å². The van der Waals surface area contributed by atoms with E-state index in [1.165, 1.54) is 12.1 Å². The van der Waals surface area contributed by atoms with Crippen molar-refractivity contribution in [2.24, 2.45) is 9.98 Å². The maximum atomic E-state index is 13.2. The molecule has 0 aliphatic carbocycles. The highest BCUT2D eigenvalue weighted by Gasteiger charge is 2.19. The van der Waals surface area contributed by atoms with Gasteiger partial charge in [0.05, 0.1) is 17.3 Å². The summed E-state index contributed by atoms with van der Waals surface area (Å²) in [7, 11) is 0. The Balaban J connectivity index is 1.77. The lowest BCUT2D eigenvalue weighted by Gasteiger charge is -2.05. The van der Waals surface area contributed by atoms with Crippen LogP contribution in [-0.4, -0.2) is 33.0 Å². The van der Waals surface area contributed by atoms with E-state index in [0.717, 1.165) is 6.07 Å². The van der Waals surface area contributed by atoms with Crippen molar-refractivity contribution in [1.82, 2.24) is 21.1 Å². The molecular weight excluding hydrogens is 367 g/mol. The molecule has 2 aromatic rings. The maximum absolute atomic E-state index is 13.2. The number of halogens is 2. The Bertz CT molecular complexity index is 924. The zero-order valence-corrected chi connectivity index (χ0v) is 13.9. The average Bonchev–Trinajstić information content (AvgIpc) is 3.32. The normalized spacial score (nSPS) is 13.7. The monoisotopic (exact) mass is 378 g/mol. The van der Waals surface area contributed by atoms with Crippen LogP contribution < -0.4 is 10.8 Å². The van der Waals surface area contributed by atoms with Crippen molar-refractivity contribution in [2.45, 2.75) is 13.0 Å². The van der Waals surface area contributed by atoms with Crippen molar-refractivity contribution in [3.63, 3.8) is 0 Å². The molecule has 2 heterocycles. The van der Waals surface area contributed by atoms with E-state index in [4.69, 9.17) is 11.6 Å². The van der Waals surface area contributed by atoms with Crippen LogP contribution in [0.1, 0.15) is 17.8 Å². The van der Waals surface area contributed by atoms with Crippen molar-refractivity contribution in [3.8, 4) is 0 Å². The Labute approximate surface area is 151 Å². The zero-order valence-electron chi connectivity index (χ0n) is 13.1. The van der Waals surface area contributed by atoms with Gasteiger partial charge in [0, 0.05) is 12.6 Å². The Kier molecular flexibility index (Phi) is 5.34. The van der Waals surface area contributed by atoms with Gasteiger partial charge in [-0.1, -0.05) is 22.8 Å². The van der Waals surface area contributed by atoms with Crippen molar-refractivity contribution in [3.05, 3.63) is 52.7 Å². The molecule has 3 N–H and O–H groups in total. The van der Waals surface area contributed by atoms with E-state index >= 15 is 0 Å². The number of rotatable bonds is 5. The topological polar surface area (TPSA) is 125 Å². The number of amidine groups is 1. The zero-order chi connectivity index (χ0) is 18.5. The van der Waals surface area contributed by atoms with Gasteiger partial charge in [-0.25, -0.2) is 14.0 Å². The molecule has 26 heavy (non-hydrogen) atoms. The van der Waals surface area contributed by atoms with Gasteiger partial charge in [-0.05, 0) is 23.4 Å². The molecule has 0 bridgehead atoms. The lowest BCUT2D eigenvalue weighted by atomic mass is 10.2. The van der Waals surface area contributed by atoms with Gasteiger partial charge in [0.15, 0.2) is 11.5 Å². The number of aliphatic imine (C=N–C) groups is 2. The molecule has 134 valence electrons. The van der Waals surface area contributed by atoms with Crippen LogP contribution in [0.15, 0.2) is 45.1 Å². The van der Waals surface area contributed by atoms with Gasteiger partial charge in [0.1, 0.15) is 17.2 Å². The number of allylic oxidation sites excluding steroid dienone is 1. The minimum Gasteiger partial charge on any atom is -0.345 e. The van der Waals surface area contributed by atoms with Gasteiger partial charge in [0.25, 0.3) is 5.91 Å². The van der Waals surface area contributed by atoms with E-state index in [1.807, 2.05) is 5.48 Å². The van der Waals surface area contributed by atoms with Gasteiger partial charge < -0.3 is 5.32 Å². The highest BCUT2D eigenvalue weighted by molar-refractivity contribution is 6.39. The maximum Gasteiger partial charge on any atom is 0.266 e. The molecule has 0 saturated carbocycles. The number of amides is 1. The van der Waals surface area contributed by atoms with Crippen LogP contribution in [-0.2, 0) is 11.3 Å². The smallest absolute Gasteiger partial charge is 0.266 e. The van der Waals surface area contributed by atoms with Crippen LogP contribution in [0.4, 0.5) is 10.1 Å². The molecule has 0 fully saturated rings. The molecule has 0 spiro atoms. The lowest BCUT2D eigenvalue weighted by Crippen LogP contribution is -2.31. The highest BCUT2D eigenvalue weighted by atomic mass is 35.5. The van der Waals surface area contributed by atoms with Crippen LogP contribution in [0.3, 0.4) is 0 Å². The molecule has 1 aromatic heterocycles. The average molecular weight is 379 g/mol. The Morgan fingerprint density at radius 3 is 2.96 bits per heavy atom. The van der Waals surface area contributed by atoms with Crippen LogP contribution in [0.25, 0.3) is 0 Å². The molecule has 3 rings (SSSR count). The Morgan fingerprint density at radius 2 is 2.27 bits per heavy atom. The molecule has 1 amide bonds. The van der Waals surface area contributed by atoms with Crippen LogP contribution >= 0.6 is 11.6 Å². The van der Waals surface area contributed by atoms with E-state index in [0.29, 0.717) is 12.1 Å². The number of benzene rings is 1. The fraction of sp³-hybridized carbons (Fsp3) is 0.133. The quantitative estimate of drug-likeness (QED) is 0.414. The number of carbonyl (C=O) groups excluding carboxylic acids is 1. The van der Waals surface area contributed by atoms with Crippen LogP contribution in [0, 0.1) is 5.82 Å². The van der Waals surface area contributed by atoms with Crippen LogP contribution in [0.2, 0.25) is 5.02 Å². The van der Waals surface area contributed by atoms with E-state index in [2.05, 4.69) is 30.2 Å². The number of nitrogens with zero attached hydrogens (tertiary/aromatic N) is 4. The van der Waals surface area contributed by atoms with E-state index in [1.54, 1.807) is 12.3 Å². The molecule has 0 atom stereocenters. The highest BCUT2D eigenvalue weighted by Crippen LogP contribution is 2.22. The first-order valence-electron chi connectivity index (χ1n) is 7.34. The minimum atomic E-state index is -0.597. The molecule has 11 heteroatoms. The standard InChI is InChI=1S/C15H12ClFN6O3/c16-9-6-8(3-4-10(9)17)20-14(21-25)13-12(22-26-23-13)7-19-15(24)11-2-1-5-18-11/h1,3-6,25H,2,7H2,(H,19,24)(H,20,21). The Hall–Kier alpha value is -3.11. The second-order valence-corrected chi connectivity index (χ2v) is 5.48. The summed E-state index contributed by atoms with van der Waals surface area (Å²) in [6.07, 6.45) is 3.75. The van der Waals surface area contributed by atoms with E-state index in [-0.39, 0.29) is 40.4 Å². The van der Waals surface area contributed by atoms with E-state index < -0.39 is 5.82 Å². The summed E-state index contributed by atoms with van der Waals surface area (Å²) in [5.74, 6) is -1.07. The third kappa shape index (κ3) is 3.92. The predicted octanol–water partition coefficient (Wildman–Crippen LogP) is 1.89. The number of hydrogen-bond donors (Lipinski definition) is 3. The van der Waals surface area contributed by atoms with E-state index in [9.17, 15) is 14.4 Å². The summed E-state index contributed by atoms with van der Waals surface area (Å²) in [6.45, 7) is -0.0262. The first kappa shape index (κ1) is 17.7. The minimum absolute atomic E-state index is 0.0262. The number of hydrogen-bond acceptors (Lipinski definition) is 7. The van der Waals surface area contributed by atoms with Crippen molar-refractivity contribution >= 4 is 34.7 Å². The Morgan fingerprint density at radius 1 is 1.42 bits per heavy atom. The largest absolute Gasteiger partial charge is 0.345 e. The fourth-order valence-corrected chi connectivity index (χ4v) is 2.27. The summed E-state index contributed by atoms with van der Waals surface area (Å²) >= 11 is 5.71. The summed E-state index contributed by atoms with van der Waals surface area (Å²) < 4.78 is 17.9. The molecule has 0 saturated heterocycles. The lowest BCUT2D eigenvalue weighted by molar-refractivity contribution is -0.115. The summed E-state index contributed by atoms with van der Waals surface area (Å²) in [5, 5.41) is 19.2. The fourth-order valence-electron chi connectivity index (χ4n) is 2.09. The number of hydroxylamine groups is 1. The SMILES string of the molecule is O=C(NCc1nonc1C(=Nc1ccc(F)c(Cl)c1)NO)C1=NC=CC1. The van der Waals surface area contributed by atoms with Gasteiger partial charge in [0.2, 0.25) is 0 Å². The number of aromatic nitrogens is 2. The molecule has 0 unspecified atom stereocenters. The molecule has 1 aliphatic heterocycles. The summed E-state index contributed by atoms with van der Waals surface area (Å²) in [4.78, 5) is 20.0. The number of carbonyl (C=O) groups is 1. The van der Waals surface area contributed by atoms with Crippen molar-refractivity contribution in [2.75, 3.05) is 0 Å². The molecule has 1 aliphatic rings. The molecule has 9 nitrogen and oxygen atoms in total. The van der Waals surface area contributed by atoms with Crippen molar-refractivity contribution < 1.29 is 19.0 Å². The second-order valence-electron chi connectivity index (χ2n) is 5.08. The van der Waals surface area contributed by atoms with Gasteiger partial charge in [-0.15, -0.1) is 0 Å². The number of nitrogens with one attached hydrogen (secondary N) is 2. The van der Waals surface area contributed by atoms with Crippen molar-refractivity contribution in [1.29, 1.82) is 0 Å². The molecule has 0 radical (unpaired) electrons. The summed E-state index contributed by atoms with van der Waals surface area (Å²) in [6, 6.07) is 3.77. The summed E-state index contributed by atoms with van der Waals surface area (Å²) in [5.41, 5.74) is 2.80. The van der Waals surface area contributed by atoms with Gasteiger partial charge in [-0.3, -0.25) is 20.5 Å². The molecular formula is C15H12ClFN6O3. The first-order chi connectivity index (χ1) is 12.6. The molecule has 1 aromatic carbocycles.